The summed E-state index contributed by atoms with van der Waals surface area (Å²) in [5, 5.41) is 8.45. The van der Waals surface area contributed by atoms with Crippen molar-refractivity contribution in [2.24, 2.45) is 0 Å². The fourth-order valence-corrected chi connectivity index (χ4v) is 1.56. The summed E-state index contributed by atoms with van der Waals surface area (Å²) in [7, 11) is 0. The third-order valence-electron chi connectivity index (χ3n) is 2.34. The molecule has 2 N–H and O–H groups in total. The highest BCUT2D eigenvalue weighted by molar-refractivity contribution is 6.31. The highest BCUT2D eigenvalue weighted by Crippen LogP contribution is 2.32. The first-order valence-corrected chi connectivity index (χ1v) is 5.51. The van der Waals surface area contributed by atoms with Gasteiger partial charge >= 0.3 is 0 Å². The van der Waals surface area contributed by atoms with E-state index in [4.69, 9.17) is 27.3 Å². The summed E-state index contributed by atoms with van der Waals surface area (Å²) in [6.45, 7) is 0. The van der Waals surface area contributed by atoms with Crippen LogP contribution in [0.25, 0.3) is 0 Å². The quantitative estimate of drug-likeness (QED) is 0.850. The van der Waals surface area contributed by atoms with Crippen LogP contribution in [0.2, 0.25) is 5.02 Å². The van der Waals surface area contributed by atoms with Crippen LogP contribution in [0.1, 0.15) is 5.56 Å². The summed E-state index contributed by atoms with van der Waals surface area (Å²) in [6.07, 6.45) is 0. The molecular formula is C13H7ClF2N2O. The number of benzene rings is 2. The molecule has 0 saturated carbocycles. The van der Waals surface area contributed by atoms with Crippen LogP contribution >= 0.6 is 11.6 Å². The Hall–Kier alpha value is -2.32. The normalized spacial score (nSPS) is 10.0. The van der Waals surface area contributed by atoms with E-state index < -0.39 is 11.6 Å². The number of halogens is 3. The van der Waals surface area contributed by atoms with Gasteiger partial charge in [-0.25, -0.2) is 8.78 Å². The van der Waals surface area contributed by atoms with Gasteiger partial charge in [0.05, 0.1) is 16.3 Å². The fourth-order valence-electron chi connectivity index (χ4n) is 1.41. The lowest BCUT2D eigenvalue weighted by atomic mass is 10.2. The van der Waals surface area contributed by atoms with Gasteiger partial charge in [-0.1, -0.05) is 11.6 Å². The Morgan fingerprint density at radius 3 is 2.53 bits per heavy atom. The maximum Gasteiger partial charge on any atom is 0.152 e. The molecule has 3 nitrogen and oxygen atoms in total. The molecule has 0 aliphatic heterocycles. The van der Waals surface area contributed by atoms with Crippen molar-refractivity contribution in [2.75, 3.05) is 5.73 Å². The van der Waals surface area contributed by atoms with Gasteiger partial charge in [-0.15, -0.1) is 0 Å². The molecule has 2 aromatic carbocycles. The van der Waals surface area contributed by atoms with Crippen molar-refractivity contribution in [3.63, 3.8) is 0 Å². The summed E-state index contributed by atoms with van der Waals surface area (Å²) in [5.74, 6) is -1.15. The van der Waals surface area contributed by atoms with E-state index in [-0.39, 0.29) is 27.8 Å². The Balaban J connectivity index is 2.34. The summed E-state index contributed by atoms with van der Waals surface area (Å²) < 4.78 is 31.8. The predicted octanol–water partition coefficient (Wildman–Crippen LogP) is 3.86. The van der Waals surface area contributed by atoms with Gasteiger partial charge in [0.25, 0.3) is 0 Å². The van der Waals surface area contributed by atoms with Crippen LogP contribution in [0.3, 0.4) is 0 Å². The predicted molar refractivity (Wildman–Crippen MR) is 67.0 cm³/mol. The van der Waals surface area contributed by atoms with Gasteiger partial charge in [0.2, 0.25) is 0 Å². The molecule has 0 radical (unpaired) electrons. The van der Waals surface area contributed by atoms with Gasteiger partial charge < -0.3 is 10.5 Å². The molecule has 0 atom stereocenters. The standard InChI is InChI=1S/C13H7ClF2N2O/c14-9-4-13(12(18)5-11(9)16)19-8-2-1-7(6-17)10(15)3-8/h1-5H,18H2. The van der Waals surface area contributed by atoms with E-state index in [0.29, 0.717) is 0 Å². The van der Waals surface area contributed by atoms with Crippen LogP contribution in [0, 0.1) is 23.0 Å². The van der Waals surface area contributed by atoms with Crippen LogP contribution in [0.5, 0.6) is 11.5 Å². The van der Waals surface area contributed by atoms with E-state index in [2.05, 4.69) is 0 Å². The van der Waals surface area contributed by atoms with Gasteiger partial charge in [0.15, 0.2) is 5.75 Å². The molecule has 0 saturated heterocycles. The highest BCUT2D eigenvalue weighted by atomic mass is 35.5. The molecule has 2 rings (SSSR count). The smallest absolute Gasteiger partial charge is 0.152 e. The number of hydrogen-bond acceptors (Lipinski definition) is 3. The van der Waals surface area contributed by atoms with Crippen molar-refractivity contribution in [2.45, 2.75) is 0 Å². The number of anilines is 1. The van der Waals surface area contributed by atoms with Crippen LogP contribution in [0.15, 0.2) is 30.3 Å². The van der Waals surface area contributed by atoms with Crippen LogP contribution < -0.4 is 10.5 Å². The van der Waals surface area contributed by atoms with E-state index in [0.717, 1.165) is 12.1 Å². The minimum Gasteiger partial charge on any atom is -0.455 e. The first kappa shape index (κ1) is 13.1. The second-order valence-corrected chi connectivity index (χ2v) is 4.07. The van der Waals surface area contributed by atoms with Crippen molar-refractivity contribution in [3.8, 4) is 17.6 Å². The summed E-state index contributed by atoms with van der Waals surface area (Å²) in [6, 6.07) is 7.60. The lowest BCUT2D eigenvalue weighted by molar-refractivity contribution is 0.477. The Morgan fingerprint density at radius 2 is 1.89 bits per heavy atom. The van der Waals surface area contributed by atoms with E-state index in [1.807, 2.05) is 0 Å². The second kappa shape index (κ2) is 5.12. The molecule has 0 fully saturated rings. The molecule has 0 heterocycles. The van der Waals surface area contributed by atoms with E-state index in [1.165, 1.54) is 18.2 Å². The molecule has 0 amide bonds. The highest BCUT2D eigenvalue weighted by Gasteiger charge is 2.10. The Labute approximate surface area is 112 Å². The topological polar surface area (TPSA) is 59.0 Å². The van der Waals surface area contributed by atoms with Gasteiger partial charge in [0.1, 0.15) is 23.5 Å². The molecule has 19 heavy (non-hydrogen) atoms. The molecule has 0 aromatic heterocycles. The van der Waals surface area contributed by atoms with Crippen LogP contribution in [-0.4, -0.2) is 0 Å². The number of ether oxygens (including phenoxy) is 1. The minimum atomic E-state index is -0.716. The Kier molecular flexibility index (Phi) is 3.54. The van der Waals surface area contributed by atoms with Crippen molar-refractivity contribution in [1.29, 1.82) is 5.26 Å². The molecule has 0 aliphatic carbocycles. The average Bonchev–Trinajstić information content (AvgIpc) is 2.36. The van der Waals surface area contributed by atoms with E-state index >= 15 is 0 Å². The van der Waals surface area contributed by atoms with Gasteiger partial charge in [-0.05, 0) is 12.1 Å². The third-order valence-corrected chi connectivity index (χ3v) is 2.63. The lowest BCUT2D eigenvalue weighted by Crippen LogP contribution is -1.95. The Morgan fingerprint density at radius 1 is 1.16 bits per heavy atom. The van der Waals surface area contributed by atoms with Gasteiger partial charge in [-0.2, -0.15) is 5.26 Å². The number of nitrogens with two attached hydrogens (primary N) is 1. The molecule has 0 aliphatic rings. The molecule has 0 unspecified atom stereocenters. The van der Waals surface area contributed by atoms with Crippen molar-refractivity contribution >= 4 is 17.3 Å². The van der Waals surface area contributed by atoms with Crippen molar-refractivity contribution in [1.82, 2.24) is 0 Å². The van der Waals surface area contributed by atoms with Crippen LogP contribution in [-0.2, 0) is 0 Å². The lowest BCUT2D eigenvalue weighted by Gasteiger charge is -2.09. The number of nitriles is 1. The first-order valence-electron chi connectivity index (χ1n) is 5.13. The van der Waals surface area contributed by atoms with E-state index in [9.17, 15) is 8.78 Å². The molecule has 0 bridgehead atoms. The monoisotopic (exact) mass is 280 g/mol. The number of nitrogens with zero attached hydrogens (tertiary/aromatic N) is 1. The minimum absolute atomic E-state index is 0.0340. The van der Waals surface area contributed by atoms with Crippen molar-refractivity contribution < 1.29 is 13.5 Å². The largest absolute Gasteiger partial charge is 0.455 e. The maximum atomic E-state index is 13.4. The van der Waals surface area contributed by atoms with Gasteiger partial charge in [0, 0.05) is 18.2 Å². The molecular weight excluding hydrogens is 274 g/mol. The summed E-state index contributed by atoms with van der Waals surface area (Å²) in [5.41, 5.74) is 5.50. The number of nitrogen functional groups attached to an aromatic ring is 1. The molecule has 0 spiro atoms. The number of rotatable bonds is 2. The van der Waals surface area contributed by atoms with Crippen molar-refractivity contribution in [3.05, 3.63) is 52.6 Å². The fraction of sp³-hybridized carbons (Fsp3) is 0. The average molecular weight is 281 g/mol. The SMILES string of the molecule is N#Cc1ccc(Oc2cc(Cl)c(F)cc2N)cc1F. The van der Waals surface area contributed by atoms with Gasteiger partial charge in [-0.3, -0.25) is 0 Å². The second-order valence-electron chi connectivity index (χ2n) is 3.66. The molecule has 6 heteroatoms. The molecule has 2 aromatic rings. The summed E-state index contributed by atoms with van der Waals surface area (Å²) in [4.78, 5) is 0. The zero-order valence-corrected chi connectivity index (χ0v) is 10.2. The van der Waals surface area contributed by atoms with Crippen LogP contribution in [0.4, 0.5) is 14.5 Å². The molecule has 96 valence electrons. The Bertz CT molecular complexity index is 683. The third kappa shape index (κ3) is 2.75. The summed E-state index contributed by atoms with van der Waals surface area (Å²) >= 11 is 5.60. The maximum absolute atomic E-state index is 13.4. The zero-order valence-electron chi connectivity index (χ0n) is 9.45. The van der Waals surface area contributed by atoms with E-state index in [1.54, 1.807) is 6.07 Å². The first-order chi connectivity index (χ1) is 9.01. The zero-order chi connectivity index (χ0) is 14.0. The number of hydrogen-bond donors (Lipinski definition) is 1.